The van der Waals surface area contributed by atoms with Crippen molar-refractivity contribution < 1.29 is 48.0 Å². The van der Waals surface area contributed by atoms with Gasteiger partial charge in [-0.15, -0.1) is 0 Å². The molecule has 0 aliphatic heterocycles. The van der Waals surface area contributed by atoms with Gasteiger partial charge in [0.25, 0.3) is 0 Å². The van der Waals surface area contributed by atoms with Gasteiger partial charge in [0, 0.05) is 26.1 Å². The van der Waals surface area contributed by atoms with Crippen LogP contribution in [0.25, 0.3) is 0 Å². The summed E-state index contributed by atoms with van der Waals surface area (Å²) in [4.78, 5) is 56.9. The lowest BCUT2D eigenvalue weighted by Crippen LogP contribution is -2.41. The average molecular weight is 593 g/mol. The highest BCUT2D eigenvalue weighted by molar-refractivity contribution is 5.80. The van der Waals surface area contributed by atoms with E-state index in [1.54, 1.807) is 0 Å². The van der Waals surface area contributed by atoms with Crippen LogP contribution in [0.1, 0.15) is 39.0 Å². The van der Waals surface area contributed by atoms with E-state index in [0.29, 0.717) is 26.1 Å². The molecule has 0 aliphatic carbocycles. The molecule has 0 aromatic carbocycles. The number of nitrogens with one attached hydrogen (secondary N) is 4. The third kappa shape index (κ3) is 24.6. The van der Waals surface area contributed by atoms with Crippen LogP contribution in [0.5, 0.6) is 0 Å². The van der Waals surface area contributed by atoms with E-state index >= 15 is 0 Å². The minimum Gasteiger partial charge on any atom is -0.480 e. The number of ether oxygens (including phenoxy) is 4. The Morgan fingerprint density at radius 2 is 1.22 bits per heavy atom. The van der Waals surface area contributed by atoms with Crippen LogP contribution >= 0.6 is 0 Å². The van der Waals surface area contributed by atoms with E-state index < -0.39 is 12.0 Å². The summed E-state index contributed by atoms with van der Waals surface area (Å²) in [5.74, 6) is -2.37. The van der Waals surface area contributed by atoms with Gasteiger partial charge in [-0.1, -0.05) is 6.92 Å². The van der Waals surface area contributed by atoms with Crippen molar-refractivity contribution in [2.24, 2.45) is 11.5 Å². The molecule has 0 heterocycles. The van der Waals surface area contributed by atoms with Crippen LogP contribution in [0.2, 0.25) is 0 Å². The number of carbonyl (C=O) groups is 5. The van der Waals surface area contributed by atoms with Crippen molar-refractivity contribution in [3.8, 4) is 0 Å². The number of rotatable bonds is 28. The maximum absolute atomic E-state index is 11.8. The van der Waals surface area contributed by atoms with E-state index in [1.807, 2.05) is 6.92 Å². The molecule has 0 saturated heterocycles. The van der Waals surface area contributed by atoms with Crippen molar-refractivity contribution in [1.82, 2.24) is 21.3 Å². The van der Waals surface area contributed by atoms with Crippen LogP contribution in [0.3, 0.4) is 0 Å². The quantitative estimate of drug-likeness (QED) is 0.0457. The van der Waals surface area contributed by atoms with E-state index in [1.165, 1.54) is 0 Å². The zero-order chi connectivity index (χ0) is 30.7. The van der Waals surface area contributed by atoms with E-state index in [4.69, 9.17) is 35.5 Å². The summed E-state index contributed by atoms with van der Waals surface area (Å²) in [6.07, 6.45) is 2.18. The first-order valence-corrected chi connectivity index (χ1v) is 13.8. The molecular formula is C25H48N6O10. The highest BCUT2D eigenvalue weighted by atomic mass is 16.5. The lowest BCUT2D eigenvalue weighted by atomic mass is 10.1. The Bertz CT molecular complexity index is 758. The average Bonchev–Trinajstić information content (AvgIpc) is 2.93. The van der Waals surface area contributed by atoms with E-state index in [-0.39, 0.29) is 102 Å². The number of nitrogens with two attached hydrogens (primary N) is 2. The van der Waals surface area contributed by atoms with Crippen LogP contribution in [-0.2, 0) is 42.9 Å². The molecule has 0 aliphatic rings. The minimum atomic E-state index is -1.15. The Morgan fingerprint density at radius 1 is 0.707 bits per heavy atom. The second-order valence-corrected chi connectivity index (χ2v) is 8.87. The Morgan fingerprint density at radius 3 is 1.73 bits per heavy atom. The fourth-order valence-corrected chi connectivity index (χ4v) is 3.19. The number of unbranched alkanes of at least 4 members (excludes halogenated alkanes) is 1. The second kappa shape index (κ2) is 26.0. The molecule has 238 valence electrons. The molecule has 0 radical (unpaired) electrons. The standard InChI is InChI=1S/C25H48N6O10/c1-2-28-20(24(27)35)5-3-4-8-29-22(33)17-40-15-14-39-12-10-31-23(34)18-41-16-13-38-11-9-30-21(32)7-6-19(26)25(36)37/h19-20,28H,2-18,26H2,1H3,(H2,27,35)(H,29,33)(H,30,32)(H,31,34)(H,36,37)/t19-,20-/m0/s1. The summed E-state index contributed by atoms with van der Waals surface area (Å²) in [5, 5.41) is 19.7. The van der Waals surface area contributed by atoms with Gasteiger partial charge >= 0.3 is 5.97 Å². The van der Waals surface area contributed by atoms with Crippen molar-refractivity contribution in [1.29, 1.82) is 0 Å². The lowest BCUT2D eigenvalue weighted by molar-refractivity contribution is -0.138. The van der Waals surface area contributed by atoms with E-state index in [2.05, 4.69) is 21.3 Å². The summed E-state index contributed by atoms with van der Waals surface area (Å²) >= 11 is 0. The summed E-state index contributed by atoms with van der Waals surface area (Å²) in [6.45, 7) is 4.85. The topological polar surface area (TPSA) is 243 Å². The molecule has 0 fully saturated rings. The van der Waals surface area contributed by atoms with E-state index in [9.17, 15) is 24.0 Å². The normalized spacial score (nSPS) is 12.3. The highest BCUT2D eigenvalue weighted by Crippen LogP contribution is 2.00. The fourth-order valence-electron chi connectivity index (χ4n) is 3.19. The van der Waals surface area contributed by atoms with E-state index in [0.717, 1.165) is 12.8 Å². The molecule has 0 aromatic heterocycles. The third-order valence-electron chi connectivity index (χ3n) is 5.38. The molecule has 4 amide bonds. The lowest BCUT2D eigenvalue weighted by Gasteiger charge is -2.13. The molecule has 0 aromatic rings. The Kier molecular flexibility index (Phi) is 24.2. The van der Waals surface area contributed by atoms with Gasteiger partial charge in [-0.05, 0) is 32.2 Å². The monoisotopic (exact) mass is 592 g/mol. The summed E-state index contributed by atoms with van der Waals surface area (Å²) in [7, 11) is 0. The number of carbonyl (C=O) groups excluding carboxylic acids is 4. The first-order valence-electron chi connectivity index (χ1n) is 13.8. The number of hydrogen-bond acceptors (Lipinski definition) is 11. The zero-order valence-electron chi connectivity index (χ0n) is 24.0. The number of likely N-dealkylation sites (N-methyl/N-ethyl adjacent to an activating group) is 1. The molecule has 0 spiro atoms. The van der Waals surface area contributed by atoms with Crippen molar-refractivity contribution in [2.45, 2.75) is 51.1 Å². The summed E-state index contributed by atoms with van der Waals surface area (Å²) in [5.41, 5.74) is 10.6. The SMILES string of the molecule is CCN[C@@H](CCCCNC(=O)COCCOCCNC(=O)COCCOCCNC(=O)CC[C@H](N)C(=O)O)C(N)=O. The smallest absolute Gasteiger partial charge is 0.320 e. The molecule has 0 unspecified atom stereocenters. The van der Waals surface area contributed by atoms with Crippen molar-refractivity contribution >= 4 is 29.6 Å². The zero-order valence-corrected chi connectivity index (χ0v) is 24.0. The van der Waals surface area contributed by atoms with Crippen LogP contribution in [0.15, 0.2) is 0 Å². The molecule has 0 rings (SSSR count). The second-order valence-electron chi connectivity index (χ2n) is 8.87. The van der Waals surface area contributed by atoms with Crippen LogP contribution in [0, 0.1) is 0 Å². The maximum atomic E-state index is 11.8. The van der Waals surface area contributed by atoms with Gasteiger partial charge in [0.05, 0.1) is 45.7 Å². The number of carboxylic acids is 1. The number of primary amides is 1. The molecule has 9 N–H and O–H groups in total. The first-order chi connectivity index (χ1) is 19.7. The maximum Gasteiger partial charge on any atom is 0.320 e. The number of aliphatic carboxylic acids is 1. The Labute approximate surface area is 240 Å². The number of amides is 4. The minimum absolute atomic E-state index is 0.0188. The molecule has 16 nitrogen and oxygen atoms in total. The fraction of sp³-hybridized carbons (Fsp3) is 0.800. The van der Waals surface area contributed by atoms with Gasteiger partial charge in [-0.2, -0.15) is 0 Å². The Balaban J connectivity index is 3.46. The van der Waals surface area contributed by atoms with Gasteiger partial charge in [0.2, 0.25) is 23.6 Å². The van der Waals surface area contributed by atoms with Crippen molar-refractivity contribution in [3.63, 3.8) is 0 Å². The molecule has 0 bridgehead atoms. The van der Waals surface area contributed by atoms with Gasteiger partial charge in [-0.25, -0.2) is 0 Å². The summed E-state index contributed by atoms with van der Waals surface area (Å²) < 4.78 is 21.1. The molecule has 41 heavy (non-hydrogen) atoms. The third-order valence-corrected chi connectivity index (χ3v) is 5.38. The van der Waals surface area contributed by atoms with Crippen LogP contribution < -0.4 is 32.7 Å². The largest absolute Gasteiger partial charge is 0.480 e. The summed E-state index contributed by atoms with van der Waals surface area (Å²) in [6, 6.07) is -1.41. The van der Waals surface area contributed by atoms with Gasteiger partial charge in [0.1, 0.15) is 19.3 Å². The van der Waals surface area contributed by atoms with Gasteiger partial charge in [-0.3, -0.25) is 24.0 Å². The van der Waals surface area contributed by atoms with Crippen LogP contribution in [-0.4, -0.2) is 126 Å². The predicted molar refractivity (Wildman–Crippen MR) is 148 cm³/mol. The highest BCUT2D eigenvalue weighted by Gasteiger charge is 2.14. The van der Waals surface area contributed by atoms with Gasteiger partial charge in [0.15, 0.2) is 0 Å². The van der Waals surface area contributed by atoms with Crippen molar-refractivity contribution in [2.75, 3.05) is 79.0 Å². The predicted octanol–water partition coefficient (Wildman–Crippen LogP) is -2.77. The molecule has 16 heteroatoms. The molecular weight excluding hydrogens is 544 g/mol. The van der Waals surface area contributed by atoms with Gasteiger partial charge < -0.3 is 56.8 Å². The molecule has 2 atom stereocenters. The van der Waals surface area contributed by atoms with Crippen molar-refractivity contribution in [3.05, 3.63) is 0 Å². The van der Waals surface area contributed by atoms with Crippen LogP contribution in [0.4, 0.5) is 0 Å². The first kappa shape index (κ1) is 38.1. The Hall–Kier alpha value is -2.89. The number of hydrogen-bond donors (Lipinski definition) is 7. The number of carboxylic acid groups (broad SMARTS) is 1. The molecule has 0 saturated carbocycles.